The van der Waals surface area contributed by atoms with E-state index in [9.17, 15) is 24.0 Å². The zero-order valence-electron chi connectivity index (χ0n) is 42.8. The van der Waals surface area contributed by atoms with Gasteiger partial charge in [0.1, 0.15) is 17.9 Å². The molecular formula is C58H72N2O11. The number of hydrogen-bond acceptors (Lipinski definition) is 11. The maximum atomic E-state index is 13.5. The molecule has 13 nitrogen and oxygen atoms in total. The van der Waals surface area contributed by atoms with Gasteiger partial charge in [0.2, 0.25) is 13.6 Å². The molecule has 2 atom stereocenters. The van der Waals surface area contributed by atoms with Crippen molar-refractivity contribution in [1.82, 2.24) is 0 Å². The summed E-state index contributed by atoms with van der Waals surface area (Å²) in [5.41, 5.74) is 8.78. The van der Waals surface area contributed by atoms with E-state index in [1.807, 2.05) is 50.2 Å². The molecule has 0 aromatic heterocycles. The Morgan fingerprint density at radius 1 is 0.648 bits per heavy atom. The van der Waals surface area contributed by atoms with Crippen LogP contribution in [0.15, 0.2) is 72.8 Å². The number of nitrogens with one attached hydrogen (secondary N) is 1. The first-order valence-corrected chi connectivity index (χ1v) is 25.3. The van der Waals surface area contributed by atoms with Crippen LogP contribution in [-0.2, 0) is 60.5 Å². The Morgan fingerprint density at radius 2 is 1.15 bits per heavy atom. The third-order valence-electron chi connectivity index (χ3n) is 14.6. The number of carbonyl (C=O) groups excluding carboxylic acids is 3. The number of carbonyl (C=O) groups is 5. The van der Waals surface area contributed by atoms with Crippen molar-refractivity contribution in [3.8, 4) is 23.0 Å². The molecule has 4 aromatic rings. The molecule has 13 heteroatoms. The highest BCUT2D eigenvalue weighted by atomic mass is 16.7. The Balaban J connectivity index is 0.000000181. The fourth-order valence-corrected chi connectivity index (χ4v) is 10.2. The molecule has 2 saturated carbocycles. The maximum absolute atomic E-state index is 13.5. The lowest BCUT2D eigenvalue weighted by Crippen LogP contribution is -2.42. The Bertz CT molecular complexity index is 2620. The molecule has 0 amide bonds. The van der Waals surface area contributed by atoms with Gasteiger partial charge in [0, 0.05) is 55.7 Å². The van der Waals surface area contributed by atoms with E-state index in [4.69, 9.17) is 29.2 Å². The number of carboxylic acids is 2. The van der Waals surface area contributed by atoms with Crippen molar-refractivity contribution in [3.05, 3.63) is 106 Å². The highest BCUT2D eigenvalue weighted by Crippen LogP contribution is 2.53. The van der Waals surface area contributed by atoms with E-state index in [0.29, 0.717) is 43.4 Å². The number of rotatable bonds is 15. The van der Waals surface area contributed by atoms with Gasteiger partial charge in [-0.1, -0.05) is 91.8 Å². The summed E-state index contributed by atoms with van der Waals surface area (Å²) >= 11 is 0. The molecule has 0 saturated heterocycles. The van der Waals surface area contributed by atoms with Gasteiger partial charge < -0.3 is 44.2 Å². The van der Waals surface area contributed by atoms with Crippen LogP contribution >= 0.6 is 0 Å². The first kappa shape index (κ1) is 52.5. The minimum absolute atomic E-state index is 0.0521. The highest BCUT2D eigenvalue weighted by molar-refractivity contribution is 5.95. The Hall–Kier alpha value is -6.37. The van der Waals surface area contributed by atoms with Gasteiger partial charge in [-0.25, -0.2) is 0 Å². The smallest absolute Gasteiger partial charge is 0.303 e. The van der Waals surface area contributed by atoms with Crippen molar-refractivity contribution < 1.29 is 53.1 Å². The number of ether oxygens (including phenoxy) is 4. The second kappa shape index (κ2) is 21.5. The lowest BCUT2D eigenvalue weighted by molar-refractivity contribution is -0.138. The molecule has 4 aromatic carbocycles. The van der Waals surface area contributed by atoms with Crippen LogP contribution in [0.2, 0.25) is 0 Å². The summed E-state index contributed by atoms with van der Waals surface area (Å²) in [6.45, 7) is 18.7. The fraction of sp³-hybridized carbons (Fsp3) is 0.500. The first-order valence-electron chi connectivity index (χ1n) is 25.3. The van der Waals surface area contributed by atoms with Gasteiger partial charge in [0.25, 0.3) is 0 Å². The van der Waals surface area contributed by atoms with E-state index in [1.165, 1.54) is 22.5 Å². The van der Waals surface area contributed by atoms with E-state index < -0.39 is 17.4 Å². The molecule has 2 fully saturated rings. The van der Waals surface area contributed by atoms with E-state index in [1.54, 1.807) is 0 Å². The van der Waals surface area contributed by atoms with Crippen molar-refractivity contribution >= 4 is 41.2 Å². The van der Waals surface area contributed by atoms with Crippen molar-refractivity contribution in [2.24, 2.45) is 10.8 Å². The highest BCUT2D eigenvalue weighted by Gasteiger charge is 2.52. The molecule has 4 aliphatic heterocycles. The molecule has 2 unspecified atom stereocenters. The van der Waals surface area contributed by atoms with Crippen LogP contribution in [-0.4, -0.2) is 72.2 Å². The number of aldehydes is 1. The standard InChI is InChI=1S/C28H33NO5.C24H27NO3.C4H6O3.C2H6/c1-27(2,3)24-15-19-13-18(6-8-21(19)29(24)12-4-5-26(31)32)14-25(30)28(10-11-28)20-7-9-22-23(16-20)34-17-33-22;1-23(2,3)21-12-16-10-15(4-6-18(16)25-21)11-22(26)24(8-9-24)17-5-7-19-20(13-17)28-14-27-19;5-3-1-2-4(6)7;1-2/h6-9,13,16,24H,4-5,10-12,14-15,17H2,1-3H3,(H,31,32);4-7,10,13,21,25H,8-9,11-12,14H2,1-3H3;3H,1-2H2,(H,6,7);1-2H3. The summed E-state index contributed by atoms with van der Waals surface area (Å²) in [6.07, 6.45) is 7.90. The zero-order chi connectivity index (χ0) is 51.3. The second-order valence-corrected chi connectivity index (χ2v) is 21.6. The third kappa shape index (κ3) is 12.0. The molecule has 2 aliphatic carbocycles. The van der Waals surface area contributed by atoms with Crippen LogP contribution in [0, 0.1) is 10.8 Å². The van der Waals surface area contributed by atoms with Crippen LogP contribution in [0.1, 0.15) is 140 Å². The van der Waals surface area contributed by atoms with Gasteiger partial charge in [-0.2, -0.15) is 0 Å². The molecular weight excluding hydrogens is 901 g/mol. The molecule has 0 bridgehead atoms. The predicted octanol–water partition coefficient (Wildman–Crippen LogP) is 10.6. The Kier molecular flexibility index (Phi) is 15.9. The number of Topliss-reactive ketones (excluding diaryl/α,β-unsaturated/α-hetero) is 2. The SMILES string of the molecule is CC.CC(C)(C)C1Cc2cc(CC(=O)C3(c4ccc5c(c4)OCO5)CC3)ccc2N1.CC(C)(C)C1Cc2cc(CC(=O)C3(c4ccc5c(c4)OCO5)CC3)ccc2N1CCCC(=O)O.O=CCCC(=O)O. The fourth-order valence-electron chi connectivity index (χ4n) is 10.2. The predicted molar refractivity (Wildman–Crippen MR) is 273 cm³/mol. The maximum Gasteiger partial charge on any atom is 0.303 e. The van der Waals surface area contributed by atoms with Gasteiger partial charge >= 0.3 is 11.9 Å². The molecule has 3 N–H and O–H groups in total. The van der Waals surface area contributed by atoms with E-state index in [-0.39, 0.29) is 54.9 Å². The molecule has 6 aliphatic rings. The molecule has 10 rings (SSSR count). The lowest BCUT2D eigenvalue weighted by Gasteiger charge is -2.37. The van der Waals surface area contributed by atoms with Gasteiger partial charge in [-0.05, 0) is 126 Å². The summed E-state index contributed by atoms with van der Waals surface area (Å²) in [7, 11) is 0. The van der Waals surface area contributed by atoms with Crippen LogP contribution in [0.4, 0.5) is 11.4 Å². The van der Waals surface area contributed by atoms with Crippen molar-refractivity contribution in [2.75, 3.05) is 30.3 Å². The monoisotopic (exact) mass is 973 g/mol. The van der Waals surface area contributed by atoms with Crippen LogP contribution < -0.4 is 29.2 Å². The van der Waals surface area contributed by atoms with Gasteiger partial charge in [-0.15, -0.1) is 0 Å². The molecule has 0 spiro atoms. The van der Waals surface area contributed by atoms with Crippen LogP contribution in [0.25, 0.3) is 0 Å². The minimum Gasteiger partial charge on any atom is -0.481 e. The van der Waals surface area contributed by atoms with Gasteiger partial charge in [0.15, 0.2) is 23.0 Å². The summed E-state index contributed by atoms with van der Waals surface area (Å²) in [5.74, 6) is 1.89. The zero-order valence-corrected chi connectivity index (χ0v) is 42.8. The van der Waals surface area contributed by atoms with Crippen molar-refractivity contribution in [2.45, 2.75) is 155 Å². The number of carboxylic acid groups (broad SMARTS) is 2. The van der Waals surface area contributed by atoms with E-state index >= 15 is 0 Å². The van der Waals surface area contributed by atoms with Crippen LogP contribution in [0.5, 0.6) is 23.0 Å². The largest absolute Gasteiger partial charge is 0.481 e. The van der Waals surface area contributed by atoms with Crippen molar-refractivity contribution in [1.29, 1.82) is 0 Å². The Morgan fingerprint density at radius 3 is 1.62 bits per heavy atom. The first-order chi connectivity index (χ1) is 33.8. The molecule has 71 heavy (non-hydrogen) atoms. The average Bonchev–Trinajstić information content (AvgIpc) is 4.06. The number of nitrogens with zero attached hydrogens (tertiary/aromatic N) is 1. The lowest BCUT2D eigenvalue weighted by atomic mass is 9.84. The topological polar surface area (TPSA) is 178 Å². The van der Waals surface area contributed by atoms with E-state index in [0.717, 1.165) is 90.3 Å². The Labute approximate surface area is 418 Å². The number of benzene rings is 4. The van der Waals surface area contributed by atoms with Crippen LogP contribution in [0.3, 0.4) is 0 Å². The van der Waals surface area contributed by atoms with E-state index in [2.05, 4.69) is 88.2 Å². The molecule has 0 radical (unpaired) electrons. The third-order valence-corrected chi connectivity index (χ3v) is 14.6. The van der Waals surface area contributed by atoms with Crippen molar-refractivity contribution in [3.63, 3.8) is 0 Å². The van der Waals surface area contributed by atoms with Gasteiger partial charge in [0.05, 0.1) is 17.3 Å². The summed E-state index contributed by atoms with van der Waals surface area (Å²) < 4.78 is 21.9. The summed E-state index contributed by atoms with van der Waals surface area (Å²) in [5, 5.41) is 20.6. The molecule has 4 heterocycles. The van der Waals surface area contributed by atoms with Gasteiger partial charge in [-0.3, -0.25) is 19.2 Å². The number of aliphatic carboxylic acids is 2. The summed E-state index contributed by atoms with van der Waals surface area (Å²) in [6, 6.07) is 25.4. The minimum atomic E-state index is -0.924. The number of hydrogen-bond donors (Lipinski definition) is 3. The normalized spacial score (nSPS) is 18.7. The number of anilines is 2. The molecule has 380 valence electrons. The average molecular weight is 973 g/mol. The second-order valence-electron chi connectivity index (χ2n) is 21.6. The quantitative estimate of drug-likeness (QED) is 0.0960. The number of ketones is 2. The number of fused-ring (bicyclic) bond motifs is 4. The summed E-state index contributed by atoms with van der Waals surface area (Å²) in [4.78, 5) is 59.1.